The first-order chi connectivity index (χ1) is 9.95. The first-order valence-electron chi connectivity index (χ1n) is 6.13. The summed E-state index contributed by atoms with van der Waals surface area (Å²) < 4.78 is 31.5. The number of hydrogen-bond donors (Lipinski definition) is 1. The zero-order chi connectivity index (χ0) is 15.4. The second kappa shape index (κ2) is 6.66. The summed E-state index contributed by atoms with van der Waals surface area (Å²) in [4.78, 5) is 11.8. The molecule has 1 atom stereocenters. The number of hydrogen-bond acceptors (Lipinski definition) is 5. The summed E-state index contributed by atoms with van der Waals surface area (Å²) in [7, 11) is 0. The maximum Gasteiger partial charge on any atom is 0.277 e. The zero-order valence-electron chi connectivity index (χ0n) is 11.4. The molecule has 2 aromatic rings. The van der Waals surface area contributed by atoms with Crippen LogP contribution >= 0.6 is 11.8 Å². The van der Waals surface area contributed by atoms with Crippen molar-refractivity contribution in [1.82, 2.24) is 15.5 Å². The minimum atomic E-state index is -0.692. The van der Waals surface area contributed by atoms with Gasteiger partial charge in [-0.3, -0.25) is 4.79 Å². The Morgan fingerprint density at radius 2 is 2.19 bits per heavy atom. The summed E-state index contributed by atoms with van der Waals surface area (Å²) in [6.07, 6.45) is 0. The van der Waals surface area contributed by atoms with Crippen LogP contribution in [-0.4, -0.2) is 21.9 Å². The van der Waals surface area contributed by atoms with E-state index in [4.69, 9.17) is 4.42 Å². The normalized spacial score (nSPS) is 12.2. The second-order valence-corrected chi connectivity index (χ2v) is 5.26. The van der Waals surface area contributed by atoms with Crippen molar-refractivity contribution in [2.24, 2.45) is 0 Å². The van der Waals surface area contributed by atoms with Gasteiger partial charge in [0.05, 0.1) is 11.8 Å². The Bertz CT molecular complexity index is 648. The van der Waals surface area contributed by atoms with Gasteiger partial charge in [-0.25, -0.2) is 8.78 Å². The molecule has 0 aliphatic rings. The molecule has 0 radical (unpaired) electrons. The summed E-state index contributed by atoms with van der Waals surface area (Å²) in [6, 6.07) is 2.68. The lowest BCUT2D eigenvalue weighted by Gasteiger charge is -2.14. The van der Waals surface area contributed by atoms with Crippen molar-refractivity contribution >= 4 is 17.7 Å². The van der Waals surface area contributed by atoms with Gasteiger partial charge >= 0.3 is 0 Å². The lowest BCUT2D eigenvalue weighted by atomic mass is 10.1. The standard InChI is InChI=1S/C13H13F2N3O2S/c1-7(10-4-3-9(14)5-11(10)15)16-12(19)6-21-13-18-17-8(2)20-13/h3-5,7H,6H2,1-2H3,(H,16,19). The third kappa shape index (κ3) is 4.25. The fourth-order valence-electron chi connectivity index (χ4n) is 1.68. The number of nitrogens with zero attached hydrogens (tertiary/aromatic N) is 2. The van der Waals surface area contributed by atoms with Crippen molar-refractivity contribution < 1.29 is 18.0 Å². The van der Waals surface area contributed by atoms with E-state index in [0.29, 0.717) is 11.1 Å². The Morgan fingerprint density at radius 3 is 2.81 bits per heavy atom. The number of aryl methyl sites for hydroxylation is 1. The van der Waals surface area contributed by atoms with Gasteiger partial charge in [0.15, 0.2) is 0 Å². The molecule has 0 saturated carbocycles. The zero-order valence-corrected chi connectivity index (χ0v) is 12.2. The van der Waals surface area contributed by atoms with E-state index >= 15 is 0 Å². The summed E-state index contributed by atoms with van der Waals surface area (Å²) in [5.74, 6) is -1.18. The van der Waals surface area contributed by atoms with Crippen molar-refractivity contribution in [2.45, 2.75) is 25.1 Å². The van der Waals surface area contributed by atoms with Crippen LogP contribution in [0.1, 0.15) is 24.4 Å². The van der Waals surface area contributed by atoms with E-state index in [1.807, 2.05) is 0 Å². The fraction of sp³-hybridized carbons (Fsp3) is 0.308. The molecule has 0 saturated heterocycles. The van der Waals surface area contributed by atoms with Gasteiger partial charge in [0.25, 0.3) is 5.22 Å². The number of halogens is 2. The van der Waals surface area contributed by atoms with Crippen molar-refractivity contribution in [2.75, 3.05) is 5.75 Å². The second-order valence-electron chi connectivity index (χ2n) is 4.33. The van der Waals surface area contributed by atoms with E-state index in [2.05, 4.69) is 15.5 Å². The van der Waals surface area contributed by atoms with E-state index in [9.17, 15) is 13.6 Å². The topological polar surface area (TPSA) is 68.0 Å². The third-order valence-corrected chi connectivity index (χ3v) is 3.46. The predicted molar refractivity (Wildman–Crippen MR) is 72.7 cm³/mol. The SMILES string of the molecule is Cc1nnc(SCC(=O)NC(C)c2ccc(F)cc2F)o1. The monoisotopic (exact) mass is 313 g/mol. The molecule has 0 aliphatic carbocycles. The largest absolute Gasteiger partial charge is 0.416 e. The molecule has 5 nitrogen and oxygen atoms in total. The van der Waals surface area contributed by atoms with Crippen LogP contribution in [-0.2, 0) is 4.79 Å². The summed E-state index contributed by atoms with van der Waals surface area (Å²) in [5, 5.41) is 10.3. The molecule has 0 spiro atoms. The molecule has 2 rings (SSSR count). The highest BCUT2D eigenvalue weighted by Gasteiger charge is 2.15. The first kappa shape index (κ1) is 15.4. The molecule has 112 valence electrons. The van der Waals surface area contributed by atoms with Crippen LogP contribution in [0.5, 0.6) is 0 Å². The molecule has 0 bridgehead atoms. The smallest absolute Gasteiger partial charge is 0.277 e. The number of rotatable bonds is 5. The van der Waals surface area contributed by atoms with Crippen molar-refractivity contribution in [3.8, 4) is 0 Å². The quantitative estimate of drug-likeness (QED) is 0.859. The molecule has 0 fully saturated rings. The lowest BCUT2D eigenvalue weighted by Crippen LogP contribution is -2.28. The van der Waals surface area contributed by atoms with Gasteiger partial charge in [0.1, 0.15) is 11.6 Å². The number of aromatic nitrogens is 2. The minimum Gasteiger partial charge on any atom is -0.416 e. The number of thioether (sulfide) groups is 1. The van der Waals surface area contributed by atoms with E-state index in [1.54, 1.807) is 13.8 Å². The van der Waals surface area contributed by atoms with Crippen molar-refractivity contribution in [1.29, 1.82) is 0 Å². The number of carbonyl (C=O) groups excluding carboxylic acids is 1. The number of benzene rings is 1. The van der Waals surface area contributed by atoms with Gasteiger partial charge in [0.2, 0.25) is 11.8 Å². The predicted octanol–water partition coefficient (Wildman–Crippen LogP) is 2.63. The Kier molecular flexibility index (Phi) is 4.89. The van der Waals surface area contributed by atoms with Gasteiger partial charge in [0, 0.05) is 18.6 Å². The Labute approximate surface area is 124 Å². The summed E-state index contributed by atoms with van der Waals surface area (Å²) in [5.41, 5.74) is 0.225. The van der Waals surface area contributed by atoms with E-state index < -0.39 is 17.7 Å². The van der Waals surface area contributed by atoms with Crippen LogP contribution < -0.4 is 5.32 Å². The Morgan fingerprint density at radius 1 is 1.43 bits per heavy atom. The van der Waals surface area contributed by atoms with Crippen LogP contribution in [0, 0.1) is 18.6 Å². The number of amides is 1. The highest BCUT2D eigenvalue weighted by atomic mass is 32.2. The maximum atomic E-state index is 13.6. The van der Waals surface area contributed by atoms with Crippen LogP contribution in [0.15, 0.2) is 27.8 Å². The molecule has 1 N–H and O–H groups in total. The van der Waals surface area contributed by atoms with Gasteiger partial charge in [-0.05, 0) is 13.0 Å². The fourth-order valence-corrected chi connectivity index (χ4v) is 2.29. The Balaban J connectivity index is 1.89. The molecule has 1 unspecified atom stereocenters. The molecule has 1 heterocycles. The van der Waals surface area contributed by atoms with Crippen LogP contribution in [0.25, 0.3) is 0 Å². The molecule has 8 heteroatoms. The van der Waals surface area contributed by atoms with Crippen molar-refractivity contribution in [3.63, 3.8) is 0 Å². The van der Waals surface area contributed by atoms with Gasteiger partial charge in [-0.2, -0.15) is 0 Å². The minimum absolute atomic E-state index is 0.0643. The van der Waals surface area contributed by atoms with Crippen LogP contribution in [0.2, 0.25) is 0 Å². The van der Waals surface area contributed by atoms with Crippen molar-refractivity contribution in [3.05, 3.63) is 41.3 Å². The van der Waals surface area contributed by atoms with E-state index in [-0.39, 0.29) is 17.2 Å². The molecular weight excluding hydrogens is 300 g/mol. The summed E-state index contributed by atoms with van der Waals surface area (Å²) in [6.45, 7) is 3.27. The maximum absolute atomic E-state index is 13.6. The van der Waals surface area contributed by atoms with Gasteiger partial charge in [-0.1, -0.05) is 17.8 Å². The Hall–Kier alpha value is -1.96. The highest BCUT2D eigenvalue weighted by molar-refractivity contribution is 7.99. The number of carbonyl (C=O) groups is 1. The molecule has 21 heavy (non-hydrogen) atoms. The van der Waals surface area contributed by atoms with Gasteiger partial charge < -0.3 is 9.73 Å². The highest BCUT2D eigenvalue weighted by Crippen LogP contribution is 2.19. The van der Waals surface area contributed by atoms with E-state index in [0.717, 1.165) is 23.9 Å². The molecule has 1 aromatic carbocycles. The van der Waals surface area contributed by atoms with Gasteiger partial charge in [-0.15, -0.1) is 10.2 Å². The number of nitrogens with one attached hydrogen (secondary N) is 1. The first-order valence-corrected chi connectivity index (χ1v) is 7.11. The van der Waals surface area contributed by atoms with Crippen LogP contribution in [0.3, 0.4) is 0 Å². The molecular formula is C13H13F2N3O2S. The third-order valence-electron chi connectivity index (χ3n) is 2.64. The molecule has 0 aliphatic heterocycles. The average Bonchev–Trinajstić information content (AvgIpc) is 2.82. The average molecular weight is 313 g/mol. The molecule has 1 amide bonds. The lowest BCUT2D eigenvalue weighted by molar-refractivity contribution is -0.119. The van der Waals surface area contributed by atoms with E-state index in [1.165, 1.54) is 6.07 Å². The van der Waals surface area contributed by atoms with Crippen LogP contribution in [0.4, 0.5) is 8.78 Å². The summed E-state index contributed by atoms with van der Waals surface area (Å²) >= 11 is 1.09. The molecule has 1 aromatic heterocycles.